The first-order valence-electron chi connectivity index (χ1n) is 6.83. The van der Waals surface area contributed by atoms with Crippen LogP contribution in [0, 0.1) is 0 Å². The van der Waals surface area contributed by atoms with Crippen LogP contribution in [0.5, 0.6) is 0 Å². The van der Waals surface area contributed by atoms with Crippen LogP contribution in [-0.2, 0) is 4.79 Å². The number of fused-ring (bicyclic) bond motifs is 1. The van der Waals surface area contributed by atoms with Gasteiger partial charge in [-0.3, -0.25) is 9.89 Å². The second-order valence-electron chi connectivity index (χ2n) is 5.27. The number of nitrogens with zero attached hydrogens (tertiary/aromatic N) is 3. The van der Waals surface area contributed by atoms with Gasteiger partial charge >= 0.3 is 0 Å². The van der Waals surface area contributed by atoms with Gasteiger partial charge in [-0.05, 0) is 19.3 Å². The largest absolute Gasteiger partial charge is 0.340 e. The fraction of sp³-hybridized carbons (Fsp3) is 0.692. The molecule has 1 aromatic heterocycles. The van der Waals surface area contributed by atoms with Crippen molar-refractivity contribution in [3.05, 3.63) is 6.20 Å². The molecule has 98 valence electrons. The molecule has 1 N–H and O–H groups in total. The number of hydrogen-bond donors (Lipinski definition) is 1. The van der Waals surface area contributed by atoms with Crippen LogP contribution >= 0.6 is 0 Å². The Morgan fingerprint density at radius 3 is 2.83 bits per heavy atom. The summed E-state index contributed by atoms with van der Waals surface area (Å²) in [5.74, 6) is 1.22. The predicted octanol–water partition coefficient (Wildman–Crippen LogP) is 1.91. The van der Waals surface area contributed by atoms with E-state index in [2.05, 4.69) is 22.0 Å². The Hall–Kier alpha value is -1.52. The average molecular weight is 248 g/mol. The molecule has 1 fully saturated rings. The zero-order chi connectivity index (χ0) is 12.7. The second kappa shape index (κ2) is 4.30. The molecule has 1 saturated carbocycles. The van der Waals surface area contributed by atoms with E-state index >= 15 is 0 Å². The third-order valence-corrected chi connectivity index (χ3v) is 4.28. The number of aromatic nitrogens is 2. The molecule has 1 aliphatic heterocycles. The molecule has 18 heavy (non-hydrogen) atoms. The summed E-state index contributed by atoms with van der Waals surface area (Å²) in [5, 5.41) is 7.20. The minimum atomic E-state index is -0.0361. The van der Waals surface area contributed by atoms with Crippen molar-refractivity contribution in [3.63, 3.8) is 0 Å². The van der Waals surface area contributed by atoms with Gasteiger partial charge in [0.1, 0.15) is 17.5 Å². The van der Waals surface area contributed by atoms with E-state index in [0.717, 1.165) is 17.9 Å². The summed E-state index contributed by atoms with van der Waals surface area (Å²) < 4.78 is 0. The summed E-state index contributed by atoms with van der Waals surface area (Å²) >= 11 is 0. The molecule has 0 saturated heterocycles. The number of likely N-dealkylation sites (N-methyl/N-ethyl adjacent to an activating group) is 1. The van der Waals surface area contributed by atoms with Gasteiger partial charge in [-0.25, -0.2) is 0 Å². The highest BCUT2D eigenvalue weighted by Gasteiger charge is 2.40. The van der Waals surface area contributed by atoms with E-state index in [-0.39, 0.29) is 11.9 Å². The molecule has 0 spiro atoms. The van der Waals surface area contributed by atoms with E-state index in [1.54, 1.807) is 11.1 Å². The molecule has 1 amide bonds. The molecule has 0 bridgehead atoms. The Morgan fingerprint density at radius 2 is 2.17 bits per heavy atom. The summed E-state index contributed by atoms with van der Waals surface area (Å²) in [4.78, 5) is 16.5. The van der Waals surface area contributed by atoms with Gasteiger partial charge < -0.3 is 9.80 Å². The van der Waals surface area contributed by atoms with Gasteiger partial charge in [0.25, 0.3) is 0 Å². The molecule has 2 aliphatic rings. The van der Waals surface area contributed by atoms with Crippen molar-refractivity contribution < 1.29 is 4.79 Å². The number of carbonyl (C=O) groups is 1. The monoisotopic (exact) mass is 248 g/mol. The van der Waals surface area contributed by atoms with Crippen LogP contribution in [0.2, 0.25) is 0 Å². The van der Waals surface area contributed by atoms with E-state index in [1.807, 2.05) is 7.05 Å². The van der Waals surface area contributed by atoms with Gasteiger partial charge in [0, 0.05) is 13.1 Å². The highest BCUT2D eigenvalue weighted by Crippen LogP contribution is 2.39. The van der Waals surface area contributed by atoms with Crippen LogP contribution in [0.3, 0.4) is 0 Å². The molecular formula is C13H20N4O. The Labute approximate surface area is 107 Å². The molecule has 3 rings (SSSR count). The van der Waals surface area contributed by atoms with Crippen LogP contribution in [-0.4, -0.2) is 35.2 Å². The average Bonchev–Trinajstić information content (AvgIpc) is 3.03. The zero-order valence-corrected chi connectivity index (χ0v) is 11.0. The number of aromatic amines is 1. The number of hydrogen-bond acceptors (Lipinski definition) is 3. The highest BCUT2D eigenvalue weighted by atomic mass is 16.2. The maximum absolute atomic E-state index is 12.4. The molecule has 1 aliphatic carbocycles. The molecule has 0 radical (unpaired) electrons. The number of amides is 1. The first kappa shape index (κ1) is 11.6. The first-order chi connectivity index (χ1) is 8.74. The minimum Gasteiger partial charge on any atom is -0.340 e. The van der Waals surface area contributed by atoms with Gasteiger partial charge in [-0.1, -0.05) is 19.8 Å². The summed E-state index contributed by atoms with van der Waals surface area (Å²) in [5.41, 5.74) is 0.914. The van der Waals surface area contributed by atoms with Crippen molar-refractivity contribution in [3.8, 4) is 0 Å². The summed E-state index contributed by atoms with van der Waals surface area (Å²) in [7, 11) is 1.84. The smallest absolute Gasteiger partial charge is 0.249 e. The summed E-state index contributed by atoms with van der Waals surface area (Å²) in [6.45, 7) is 2.08. The van der Waals surface area contributed by atoms with Gasteiger partial charge in [-0.2, -0.15) is 5.10 Å². The lowest BCUT2D eigenvalue weighted by atomic mass is 10.0. The molecule has 1 unspecified atom stereocenters. The fourth-order valence-corrected chi connectivity index (χ4v) is 3.32. The van der Waals surface area contributed by atoms with E-state index < -0.39 is 0 Å². The van der Waals surface area contributed by atoms with Crippen molar-refractivity contribution in [1.82, 2.24) is 10.2 Å². The molecule has 2 heterocycles. The van der Waals surface area contributed by atoms with E-state index in [9.17, 15) is 4.79 Å². The highest BCUT2D eigenvalue weighted by molar-refractivity contribution is 6.04. The van der Waals surface area contributed by atoms with Crippen molar-refractivity contribution in [2.24, 2.45) is 0 Å². The quantitative estimate of drug-likeness (QED) is 0.870. The fourth-order valence-electron chi connectivity index (χ4n) is 3.32. The van der Waals surface area contributed by atoms with Gasteiger partial charge in [-0.15, -0.1) is 0 Å². The number of H-pyrrole nitrogens is 1. The molecule has 0 aromatic carbocycles. The van der Waals surface area contributed by atoms with Gasteiger partial charge in [0.2, 0.25) is 5.91 Å². The van der Waals surface area contributed by atoms with Crippen LogP contribution in [0.1, 0.15) is 39.0 Å². The van der Waals surface area contributed by atoms with Gasteiger partial charge in [0.05, 0.1) is 6.20 Å². The van der Waals surface area contributed by atoms with Crippen molar-refractivity contribution >= 4 is 17.4 Å². The van der Waals surface area contributed by atoms with Crippen molar-refractivity contribution in [2.45, 2.75) is 51.1 Å². The molecule has 5 nitrogen and oxygen atoms in total. The lowest BCUT2D eigenvalue weighted by Gasteiger charge is -2.42. The van der Waals surface area contributed by atoms with Crippen molar-refractivity contribution in [2.75, 3.05) is 16.8 Å². The number of nitrogens with one attached hydrogen (secondary N) is 1. The molecule has 1 aromatic rings. The lowest BCUT2D eigenvalue weighted by Crippen LogP contribution is -2.55. The minimum absolute atomic E-state index is 0.0361. The topological polar surface area (TPSA) is 52.2 Å². The first-order valence-corrected chi connectivity index (χ1v) is 6.83. The van der Waals surface area contributed by atoms with E-state index in [4.69, 9.17) is 0 Å². The number of rotatable bonds is 2. The Balaban J connectivity index is 2.03. The summed E-state index contributed by atoms with van der Waals surface area (Å²) in [6, 6.07) is 0.456. The molecular weight excluding hydrogens is 228 g/mol. The zero-order valence-electron chi connectivity index (χ0n) is 11.0. The molecule has 1 atom stereocenters. The normalized spacial score (nSPS) is 24.8. The van der Waals surface area contributed by atoms with Crippen LogP contribution < -0.4 is 9.80 Å². The predicted molar refractivity (Wildman–Crippen MR) is 70.8 cm³/mol. The standard InChI is InChI=1S/C13H20N4O/c1-3-10-13(18)16(2)11-8-14-15-12(11)17(10)9-6-4-5-7-9/h8-10H,3-7H2,1-2H3,(H,14,15). The van der Waals surface area contributed by atoms with Crippen LogP contribution in [0.25, 0.3) is 0 Å². The Kier molecular flexibility index (Phi) is 2.76. The summed E-state index contributed by atoms with van der Waals surface area (Å²) in [6.07, 6.45) is 7.51. The number of anilines is 2. The van der Waals surface area contributed by atoms with Crippen LogP contribution in [0.15, 0.2) is 6.20 Å². The maximum atomic E-state index is 12.4. The maximum Gasteiger partial charge on any atom is 0.249 e. The Morgan fingerprint density at radius 1 is 1.44 bits per heavy atom. The third-order valence-electron chi connectivity index (χ3n) is 4.28. The van der Waals surface area contributed by atoms with Gasteiger partial charge in [0.15, 0.2) is 0 Å². The van der Waals surface area contributed by atoms with Crippen LogP contribution in [0.4, 0.5) is 11.5 Å². The SMILES string of the molecule is CCC1C(=O)N(C)c2cn[nH]c2N1C1CCCC1. The van der Waals surface area contributed by atoms with E-state index in [0.29, 0.717) is 6.04 Å². The Bertz CT molecular complexity index is 450. The van der Waals surface area contributed by atoms with E-state index in [1.165, 1.54) is 25.7 Å². The second-order valence-corrected chi connectivity index (χ2v) is 5.27. The molecule has 5 heteroatoms. The lowest BCUT2D eigenvalue weighted by molar-refractivity contribution is -0.120. The van der Waals surface area contributed by atoms with Crippen molar-refractivity contribution in [1.29, 1.82) is 0 Å². The number of carbonyl (C=O) groups excluding carboxylic acids is 1. The third kappa shape index (κ3) is 1.53.